The minimum absolute atomic E-state index is 0.329. The molecule has 22 heavy (non-hydrogen) atoms. The van der Waals surface area contributed by atoms with E-state index >= 15 is 0 Å². The molecule has 0 aromatic carbocycles. The van der Waals surface area contributed by atoms with Crippen molar-refractivity contribution in [3.05, 3.63) is 34.3 Å². The van der Waals surface area contributed by atoms with Gasteiger partial charge in [0.2, 0.25) is 0 Å². The Morgan fingerprint density at radius 1 is 1.32 bits per heavy atom. The zero-order chi connectivity index (χ0) is 14.9. The van der Waals surface area contributed by atoms with Gasteiger partial charge in [0.05, 0.1) is 31.1 Å². The molecule has 1 aliphatic heterocycles. The second-order valence-corrected chi connectivity index (χ2v) is 7.27. The largest absolute Gasteiger partial charge is 0.375 e. The van der Waals surface area contributed by atoms with Crippen molar-refractivity contribution < 1.29 is 4.74 Å². The molecule has 3 heterocycles. The molecule has 0 radical (unpaired) electrons. The van der Waals surface area contributed by atoms with Crippen LogP contribution < -0.4 is 0 Å². The van der Waals surface area contributed by atoms with E-state index in [0.717, 1.165) is 38.0 Å². The van der Waals surface area contributed by atoms with Crippen molar-refractivity contribution in [2.45, 2.75) is 45.5 Å². The van der Waals surface area contributed by atoms with E-state index in [9.17, 15) is 0 Å². The number of fused-ring (bicyclic) bond motifs is 1. The third-order valence-electron chi connectivity index (χ3n) is 4.62. The highest BCUT2D eigenvalue weighted by molar-refractivity contribution is 7.09. The molecule has 0 amide bonds. The molecule has 0 saturated heterocycles. The lowest BCUT2D eigenvalue weighted by molar-refractivity contribution is 0.101. The summed E-state index contributed by atoms with van der Waals surface area (Å²) in [5.74, 6) is 1.98. The summed E-state index contributed by atoms with van der Waals surface area (Å²) in [5.41, 5.74) is 1.22. The molecule has 1 aliphatic carbocycles. The number of imidazole rings is 1. The van der Waals surface area contributed by atoms with Gasteiger partial charge in [0, 0.05) is 31.3 Å². The SMILES string of the molecule is C[C@H]1c2ncc(COCC3CC3)n2CCN1Cc1nccs1. The molecule has 4 rings (SSSR count). The molecule has 0 N–H and O–H groups in total. The molecule has 1 saturated carbocycles. The molecule has 1 fully saturated rings. The minimum Gasteiger partial charge on any atom is -0.375 e. The summed E-state index contributed by atoms with van der Waals surface area (Å²) < 4.78 is 8.18. The van der Waals surface area contributed by atoms with Gasteiger partial charge in [-0.1, -0.05) is 0 Å². The maximum absolute atomic E-state index is 5.83. The van der Waals surface area contributed by atoms with Crippen LogP contribution in [0.15, 0.2) is 17.8 Å². The first kappa shape index (κ1) is 14.4. The monoisotopic (exact) mass is 318 g/mol. The second-order valence-electron chi connectivity index (χ2n) is 6.29. The lowest BCUT2D eigenvalue weighted by atomic mass is 10.2. The number of hydrogen-bond donors (Lipinski definition) is 0. The fraction of sp³-hybridized carbons (Fsp3) is 0.625. The molecule has 1 atom stereocenters. The van der Waals surface area contributed by atoms with Crippen LogP contribution in [0.1, 0.15) is 42.3 Å². The summed E-state index contributed by atoms with van der Waals surface area (Å²) in [4.78, 5) is 11.5. The van der Waals surface area contributed by atoms with E-state index in [0.29, 0.717) is 12.6 Å². The molecule has 0 bridgehead atoms. The third kappa shape index (κ3) is 2.95. The first-order valence-corrected chi connectivity index (χ1v) is 8.93. The Hall–Kier alpha value is -1.24. The van der Waals surface area contributed by atoms with Gasteiger partial charge < -0.3 is 9.30 Å². The van der Waals surface area contributed by atoms with Crippen LogP contribution in [0.4, 0.5) is 0 Å². The highest BCUT2D eigenvalue weighted by Gasteiger charge is 2.28. The van der Waals surface area contributed by atoms with Crippen LogP contribution in [0.3, 0.4) is 0 Å². The summed E-state index contributed by atoms with van der Waals surface area (Å²) in [6.45, 7) is 6.79. The van der Waals surface area contributed by atoms with Crippen LogP contribution in [0.2, 0.25) is 0 Å². The van der Waals surface area contributed by atoms with Crippen LogP contribution in [0.5, 0.6) is 0 Å². The topological polar surface area (TPSA) is 43.2 Å². The fourth-order valence-corrected chi connectivity index (χ4v) is 3.70. The lowest BCUT2D eigenvalue weighted by Crippen LogP contribution is -2.37. The maximum atomic E-state index is 5.83. The van der Waals surface area contributed by atoms with Gasteiger partial charge in [-0.3, -0.25) is 4.90 Å². The lowest BCUT2D eigenvalue weighted by Gasteiger charge is -2.33. The molecule has 0 spiro atoms. The molecular formula is C16H22N4OS. The fourth-order valence-electron chi connectivity index (χ4n) is 3.05. The van der Waals surface area contributed by atoms with Crippen LogP contribution in [0, 0.1) is 5.92 Å². The van der Waals surface area contributed by atoms with Crippen molar-refractivity contribution in [1.29, 1.82) is 0 Å². The van der Waals surface area contributed by atoms with Gasteiger partial charge in [0.25, 0.3) is 0 Å². The van der Waals surface area contributed by atoms with E-state index in [4.69, 9.17) is 4.74 Å². The highest BCUT2D eigenvalue weighted by atomic mass is 32.1. The first-order valence-electron chi connectivity index (χ1n) is 8.05. The van der Waals surface area contributed by atoms with Crippen molar-refractivity contribution in [1.82, 2.24) is 19.4 Å². The Kier molecular flexibility index (Phi) is 3.98. The van der Waals surface area contributed by atoms with Gasteiger partial charge >= 0.3 is 0 Å². The van der Waals surface area contributed by atoms with E-state index in [1.54, 1.807) is 11.3 Å². The molecule has 118 valence electrons. The van der Waals surface area contributed by atoms with Crippen LogP contribution >= 0.6 is 11.3 Å². The average Bonchev–Trinajstić information content (AvgIpc) is 3.03. The average molecular weight is 318 g/mol. The number of rotatable bonds is 6. The molecule has 2 aliphatic rings. The first-order chi connectivity index (χ1) is 10.8. The van der Waals surface area contributed by atoms with Crippen molar-refractivity contribution in [3.63, 3.8) is 0 Å². The van der Waals surface area contributed by atoms with Crippen molar-refractivity contribution >= 4 is 11.3 Å². The molecule has 5 nitrogen and oxygen atoms in total. The van der Waals surface area contributed by atoms with Crippen LogP contribution in [-0.2, 0) is 24.4 Å². The number of hydrogen-bond acceptors (Lipinski definition) is 5. The van der Waals surface area contributed by atoms with Gasteiger partial charge in [-0.05, 0) is 25.7 Å². The summed E-state index contributed by atoms with van der Waals surface area (Å²) in [6, 6.07) is 0.329. The van der Waals surface area contributed by atoms with Gasteiger partial charge in [-0.25, -0.2) is 9.97 Å². The van der Waals surface area contributed by atoms with Gasteiger partial charge in [-0.15, -0.1) is 11.3 Å². The highest BCUT2D eigenvalue weighted by Crippen LogP contribution is 2.30. The molecule has 2 aromatic heterocycles. The summed E-state index contributed by atoms with van der Waals surface area (Å²) in [7, 11) is 0. The van der Waals surface area contributed by atoms with Crippen LogP contribution in [0.25, 0.3) is 0 Å². The smallest absolute Gasteiger partial charge is 0.126 e. The zero-order valence-corrected chi connectivity index (χ0v) is 13.8. The molecular weight excluding hydrogens is 296 g/mol. The summed E-state index contributed by atoms with van der Waals surface area (Å²) >= 11 is 1.72. The number of nitrogens with zero attached hydrogens (tertiary/aromatic N) is 4. The van der Waals surface area contributed by atoms with Gasteiger partial charge in [-0.2, -0.15) is 0 Å². The van der Waals surface area contributed by atoms with Crippen LogP contribution in [-0.4, -0.2) is 32.6 Å². The standard InChI is InChI=1S/C16H22N4OS/c1-12-16-18-8-14(11-21-10-13-2-3-13)20(16)6-5-19(12)9-15-17-4-7-22-15/h4,7-8,12-13H,2-3,5-6,9-11H2,1H3/t12-/m0/s1. The normalized spacial score (nSPS) is 22.0. The Labute approximate surface area is 134 Å². The predicted octanol–water partition coefficient (Wildman–Crippen LogP) is 2.84. The number of ether oxygens (including phenoxy) is 1. The second kappa shape index (κ2) is 6.10. The van der Waals surface area contributed by atoms with Gasteiger partial charge in [0.15, 0.2) is 0 Å². The minimum atomic E-state index is 0.329. The van der Waals surface area contributed by atoms with E-state index in [-0.39, 0.29) is 0 Å². The zero-order valence-electron chi connectivity index (χ0n) is 12.9. The Morgan fingerprint density at radius 3 is 3.00 bits per heavy atom. The Balaban J connectivity index is 1.42. The van der Waals surface area contributed by atoms with E-state index in [1.165, 1.54) is 23.5 Å². The number of thiazole rings is 1. The number of aromatic nitrogens is 3. The van der Waals surface area contributed by atoms with E-state index in [1.807, 2.05) is 17.8 Å². The molecule has 6 heteroatoms. The third-order valence-corrected chi connectivity index (χ3v) is 5.39. The summed E-state index contributed by atoms with van der Waals surface area (Å²) in [6.07, 6.45) is 6.55. The Morgan fingerprint density at radius 2 is 2.23 bits per heavy atom. The van der Waals surface area contributed by atoms with E-state index in [2.05, 4.69) is 26.4 Å². The predicted molar refractivity (Wildman–Crippen MR) is 85.5 cm³/mol. The summed E-state index contributed by atoms with van der Waals surface area (Å²) in [5, 5.41) is 3.22. The maximum Gasteiger partial charge on any atom is 0.126 e. The molecule has 0 unspecified atom stereocenters. The van der Waals surface area contributed by atoms with Gasteiger partial charge in [0.1, 0.15) is 10.8 Å². The molecule has 2 aromatic rings. The van der Waals surface area contributed by atoms with Crippen molar-refractivity contribution in [2.24, 2.45) is 5.92 Å². The van der Waals surface area contributed by atoms with Crippen molar-refractivity contribution in [3.8, 4) is 0 Å². The van der Waals surface area contributed by atoms with E-state index < -0.39 is 0 Å². The quantitative estimate of drug-likeness (QED) is 0.821. The Bertz CT molecular complexity index is 620. The van der Waals surface area contributed by atoms with Crippen molar-refractivity contribution in [2.75, 3.05) is 13.2 Å².